The zero-order valence-electron chi connectivity index (χ0n) is 10.6. The van der Waals surface area contributed by atoms with Crippen LogP contribution in [-0.4, -0.2) is 13.7 Å². The lowest BCUT2D eigenvalue weighted by Crippen LogP contribution is -2.22. The number of nitrogens with one attached hydrogen (secondary N) is 1. The number of hydrogen-bond donors (Lipinski definition) is 2. The van der Waals surface area contributed by atoms with Crippen LogP contribution in [0.5, 0.6) is 5.75 Å². The zero-order valence-corrected chi connectivity index (χ0v) is 10.6. The SMILES string of the molecule is CCC(C)(C)CNc1cccc(OC)c1N. The molecule has 0 spiro atoms. The molecule has 0 aromatic heterocycles. The molecule has 1 aromatic carbocycles. The third-order valence-electron chi connectivity index (χ3n) is 3.00. The minimum absolute atomic E-state index is 0.273. The van der Waals surface area contributed by atoms with Gasteiger partial charge in [0.2, 0.25) is 0 Å². The summed E-state index contributed by atoms with van der Waals surface area (Å²) in [5.41, 5.74) is 7.87. The molecule has 1 rings (SSSR count). The van der Waals surface area contributed by atoms with Crippen LogP contribution >= 0.6 is 0 Å². The van der Waals surface area contributed by atoms with E-state index in [1.165, 1.54) is 0 Å². The Bertz CT molecular complexity index is 348. The molecule has 1 aromatic rings. The number of hydrogen-bond acceptors (Lipinski definition) is 3. The molecule has 3 heteroatoms. The molecular weight excluding hydrogens is 200 g/mol. The fraction of sp³-hybridized carbons (Fsp3) is 0.538. The molecule has 0 heterocycles. The van der Waals surface area contributed by atoms with Crippen LogP contribution in [0.25, 0.3) is 0 Å². The van der Waals surface area contributed by atoms with Gasteiger partial charge in [0.25, 0.3) is 0 Å². The van der Waals surface area contributed by atoms with Gasteiger partial charge in [0, 0.05) is 6.54 Å². The smallest absolute Gasteiger partial charge is 0.143 e. The third kappa shape index (κ3) is 3.05. The van der Waals surface area contributed by atoms with Gasteiger partial charge in [-0.2, -0.15) is 0 Å². The average Bonchev–Trinajstić information content (AvgIpc) is 2.28. The van der Waals surface area contributed by atoms with Crippen molar-refractivity contribution in [3.63, 3.8) is 0 Å². The number of nitrogen functional groups attached to an aromatic ring is 1. The molecule has 0 unspecified atom stereocenters. The number of para-hydroxylation sites is 1. The maximum atomic E-state index is 5.98. The highest BCUT2D eigenvalue weighted by Gasteiger charge is 2.15. The first-order valence-electron chi connectivity index (χ1n) is 5.66. The van der Waals surface area contributed by atoms with E-state index in [9.17, 15) is 0 Å². The first-order valence-corrected chi connectivity index (χ1v) is 5.66. The second-order valence-corrected chi connectivity index (χ2v) is 4.79. The second-order valence-electron chi connectivity index (χ2n) is 4.79. The van der Waals surface area contributed by atoms with E-state index in [1.54, 1.807) is 7.11 Å². The van der Waals surface area contributed by atoms with Crippen LogP contribution in [0.2, 0.25) is 0 Å². The Labute approximate surface area is 98.0 Å². The molecule has 0 saturated carbocycles. The van der Waals surface area contributed by atoms with Crippen LogP contribution < -0.4 is 15.8 Å². The van der Waals surface area contributed by atoms with Gasteiger partial charge in [-0.1, -0.05) is 26.8 Å². The summed E-state index contributed by atoms with van der Waals surface area (Å²) in [5, 5.41) is 3.37. The van der Waals surface area contributed by atoms with Crippen molar-refractivity contribution in [1.29, 1.82) is 0 Å². The summed E-state index contributed by atoms with van der Waals surface area (Å²) in [6, 6.07) is 5.78. The number of methoxy groups -OCH3 is 1. The lowest BCUT2D eigenvalue weighted by molar-refractivity contribution is 0.377. The van der Waals surface area contributed by atoms with E-state index in [-0.39, 0.29) is 5.41 Å². The van der Waals surface area contributed by atoms with Crippen LogP contribution in [0.1, 0.15) is 27.2 Å². The van der Waals surface area contributed by atoms with E-state index >= 15 is 0 Å². The van der Waals surface area contributed by atoms with E-state index < -0.39 is 0 Å². The molecule has 0 saturated heterocycles. The van der Waals surface area contributed by atoms with E-state index in [0.29, 0.717) is 5.69 Å². The van der Waals surface area contributed by atoms with Gasteiger partial charge >= 0.3 is 0 Å². The Morgan fingerprint density at radius 1 is 1.38 bits per heavy atom. The first kappa shape index (κ1) is 12.7. The molecular formula is C13H22N2O. The van der Waals surface area contributed by atoms with Crippen LogP contribution in [0, 0.1) is 5.41 Å². The number of ether oxygens (including phenoxy) is 1. The predicted molar refractivity (Wildman–Crippen MR) is 70.0 cm³/mol. The number of rotatable bonds is 5. The second kappa shape index (κ2) is 5.10. The maximum absolute atomic E-state index is 5.98. The lowest BCUT2D eigenvalue weighted by atomic mass is 9.90. The van der Waals surface area contributed by atoms with Gasteiger partial charge in [0.05, 0.1) is 18.5 Å². The molecule has 16 heavy (non-hydrogen) atoms. The Balaban J connectivity index is 2.75. The number of anilines is 2. The van der Waals surface area contributed by atoms with Crippen LogP contribution in [0.15, 0.2) is 18.2 Å². The summed E-state index contributed by atoms with van der Waals surface area (Å²) in [5.74, 6) is 0.722. The van der Waals surface area contributed by atoms with Crippen molar-refractivity contribution in [1.82, 2.24) is 0 Å². The summed E-state index contributed by atoms with van der Waals surface area (Å²) in [4.78, 5) is 0. The molecule has 0 aliphatic rings. The molecule has 3 nitrogen and oxygen atoms in total. The van der Waals surface area contributed by atoms with Gasteiger partial charge in [-0.3, -0.25) is 0 Å². The molecule has 0 aliphatic carbocycles. The summed E-state index contributed by atoms with van der Waals surface area (Å²) in [7, 11) is 1.63. The summed E-state index contributed by atoms with van der Waals surface area (Å²) in [6.07, 6.45) is 1.13. The first-order chi connectivity index (χ1) is 7.50. The Morgan fingerprint density at radius 2 is 2.06 bits per heavy atom. The van der Waals surface area contributed by atoms with Gasteiger partial charge < -0.3 is 15.8 Å². The van der Waals surface area contributed by atoms with Crippen molar-refractivity contribution in [2.45, 2.75) is 27.2 Å². The van der Waals surface area contributed by atoms with Crippen LogP contribution in [0.4, 0.5) is 11.4 Å². The molecule has 0 aliphatic heterocycles. The maximum Gasteiger partial charge on any atom is 0.143 e. The van der Waals surface area contributed by atoms with Crippen molar-refractivity contribution in [2.75, 3.05) is 24.7 Å². The summed E-state index contributed by atoms with van der Waals surface area (Å²) < 4.78 is 5.18. The summed E-state index contributed by atoms with van der Waals surface area (Å²) in [6.45, 7) is 7.56. The molecule has 0 atom stereocenters. The third-order valence-corrected chi connectivity index (χ3v) is 3.00. The highest BCUT2D eigenvalue weighted by molar-refractivity contribution is 5.72. The normalized spacial score (nSPS) is 11.2. The standard InChI is InChI=1S/C13H22N2O/c1-5-13(2,3)9-15-10-7-6-8-11(16-4)12(10)14/h6-8,15H,5,9,14H2,1-4H3. The topological polar surface area (TPSA) is 47.3 Å². The molecule has 0 radical (unpaired) electrons. The van der Waals surface area contributed by atoms with E-state index in [0.717, 1.165) is 24.4 Å². The molecule has 90 valence electrons. The lowest BCUT2D eigenvalue weighted by Gasteiger charge is -2.24. The Kier molecular flexibility index (Phi) is 4.05. The molecule has 3 N–H and O–H groups in total. The van der Waals surface area contributed by atoms with Crippen molar-refractivity contribution in [2.24, 2.45) is 5.41 Å². The van der Waals surface area contributed by atoms with Crippen molar-refractivity contribution < 1.29 is 4.74 Å². The highest BCUT2D eigenvalue weighted by atomic mass is 16.5. The van der Waals surface area contributed by atoms with Gasteiger partial charge in [-0.05, 0) is 24.0 Å². The van der Waals surface area contributed by atoms with Gasteiger partial charge in [-0.15, -0.1) is 0 Å². The van der Waals surface area contributed by atoms with Crippen LogP contribution in [0.3, 0.4) is 0 Å². The van der Waals surface area contributed by atoms with Gasteiger partial charge in [-0.25, -0.2) is 0 Å². The van der Waals surface area contributed by atoms with E-state index in [2.05, 4.69) is 26.1 Å². The quantitative estimate of drug-likeness (QED) is 0.752. The molecule has 0 amide bonds. The number of nitrogens with two attached hydrogens (primary N) is 1. The van der Waals surface area contributed by atoms with Crippen molar-refractivity contribution >= 4 is 11.4 Å². The largest absolute Gasteiger partial charge is 0.495 e. The van der Waals surface area contributed by atoms with Crippen molar-refractivity contribution in [3.8, 4) is 5.75 Å². The average molecular weight is 222 g/mol. The Hall–Kier alpha value is -1.38. The van der Waals surface area contributed by atoms with E-state index in [1.807, 2.05) is 18.2 Å². The van der Waals surface area contributed by atoms with Crippen molar-refractivity contribution in [3.05, 3.63) is 18.2 Å². The monoisotopic (exact) mass is 222 g/mol. The Morgan fingerprint density at radius 3 is 2.62 bits per heavy atom. The minimum Gasteiger partial charge on any atom is -0.495 e. The fourth-order valence-electron chi connectivity index (χ4n) is 1.34. The van der Waals surface area contributed by atoms with Gasteiger partial charge in [0.1, 0.15) is 5.75 Å². The van der Waals surface area contributed by atoms with E-state index in [4.69, 9.17) is 10.5 Å². The number of benzene rings is 1. The van der Waals surface area contributed by atoms with Gasteiger partial charge in [0.15, 0.2) is 0 Å². The molecule has 0 fully saturated rings. The minimum atomic E-state index is 0.273. The zero-order chi connectivity index (χ0) is 12.2. The summed E-state index contributed by atoms with van der Waals surface area (Å²) >= 11 is 0. The van der Waals surface area contributed by atoms with Crippen LogP contribution in [-0.2, 0) is 0 Å². The predicted octanol–water partition coefficient (Wildman–Crippen LogP) is 3.13. The molecule has 0 bridgehead atoms. The fourth-order valence-corrected chi connectivity index (χ4v) is 1.34. The highest BCUT2D eigenvalue weighted by Crippen LogP contribution is 2.30.